The number of rotatable bonds is 3. The number of aromatic nitrogens is 1. The minimum absolute atomic E-state index is 0.224. The van der Waals surface area contributed by atoms with Crippen molar-refractivity contribution in [1.29, 1.82) is 0 Å². The second-order valence-electron chi connectivity index (χ2n) is 3.01. The molecule has 0 atom stereocenters. The van der Waals surface area contributed by atoms with Crippen LogP contribution in [0.25, 0.3) is 0 Å². The Morgan fingerprint density at radius 3 is 2.69 bits per heavy atom. The number of pyridine rings is 1. The van der Waals surface area contributed by atoms with Crippen LogP contribution in [-0.2, 0) is 4.79 Å². The Kier molecular flexibility index (Phi) is 4.28. The zero-order valence-corrected chi connectivity index (χ0v) is 9.60. The van der Waals surface area contributed by atoms with Crippen molar-refractivity contribution >= 4 is 27.7 Å². The summed E-state index contributed by atoms with van der Waals surface area (Å²) < 4.78 is 35.9. The Bertz CT molecular complexity index is 381. The first-order chi connectivity index (χ1) is 7.37. The van der Waals surface area contributed by atoms with Crippen molar-refractivity contribution in [3.05, 3.63) is 22.8 Å². The van der Waals surface area contributed by atoms with E-state index in [1.807, 2.05) is 0 Å². The molecule has 0 aliphatic heterocycles. The van der Waals surface area contributed by atoms with Gasteiger partial charge in [-0.05, 0) is 28.1 Å². The van der Waals surface area contributed by atoms with Crippen molar-refractivity contribution in [3.8, 4) is 0 Å². The highest BCUT2D eigenvalue weighted by Gasteiger charge is 2.27. The first kappa shape index (κ1) is 13.0. The Morgan fingerprint density at radius 1 is 1.44 bits per heavy atom. The molecule has 0 fully saturated rings. The molecule has 0 spiro atoms. The van der Waals surface area contributed by atoms with E-state index < -0.39 is 24.9 Å². The van der Waals surface area contributed by atoms with Gasteiger partial charge in [-0.2, -0.15) is 13.2 Å². The number of nitrogens with one attached hydrogen (secondary N) is 1. The quantitative estimate of drug-likeness (QED) is 0.871. The third kappa shape index (κ3) is 5.11. The lowest BCUT2D eigenvalue weighted by Gasteiger charge is -2.06. The molecule has 0 bridgehead atoms. The van der Waals surface area contributed by atoms with Crippen LogP contribution in [0.15, 0.2) is 22.8 Å². The van der Waals surface area contributed by atoms with Gasteiger partial charge in [0.2, 0.25) is 5.91 Å². The molecular formula is C9H8BrF3N2O. The number of carbonyl (C=O) groups is 1. The lowest BCUT2D eigenvalue weighted by atomic mass is 10.3. The van der Waals surface area contributed by atoms with Gasteiger partial charge in [-0.3, -0.25) is 4.79 Å². The van der Waals surface area contributed by atoms with Gasteiger partial charge in [0.1, 0.15) is 10.4 Å². The third-order valence-electron chi connectivity index (χ3n) is 1.62. The summed E-state index contributed by atoms with van der Waals surface area (Å²) in [5.41, 5.74) is 0. The Labute approximate surface area is 98.2 Å². The fraction of sp³-hybridized carbons (Fsp3) is 0.333. The molecule has 0 aliphatic rings. The highest BCUT2D eigenvalue weighted by Crippen LogP contribution is 2.21. The van der Waals surface area contributed by atoms with E-state index in [0.29, 0.717) is 4.60 Å². The van der Waals surface area contributed by atoms with E-state index >= 15 is 0 Å². The van der Waals surface area contributed by atoms with Crippen LogP contribution < -0.4 is 5.32 Å². The third-order valence-corrected chi connectivity index (χ3v) is 2.06. The van der Waals surface area contributed by atoms with Gasteiger partial charge in [-0.25, -0.2) is 4.98 Å². The molecule has 88 valence electrons. The summed E-state index contributed by atoms with van der Waals surface area (Å²) in [5.74, 6) is -0.482. The normalized spacial score (nSPS) is 11.2. The van der Waals surface area contributed by atoms with Crippen LogP contribution in [0, 0.1) is 0 Å². The second-order valence-corrected chi connectivity index (χ2v) is 3.82. The van der Waals surface area contributed by atoms with Crippen LogP contribution in [0.5, 0.6) is 0 Å². The summed E-state index contributed by atoms with van der Waals surface area (Å²) in [4.78, 5) is 15.0. The molecule has 1 rings (SSSR count). The molecule has 1 aromatic heterocycles. The van der Waals surface area contributed by atoms with E-state index in [2.05, 4.69) is 26.2 Å². The van der Waals surface area contributed by atoms with Crippen LogP contribution in [0.2, 0.25) is 0 Å². The number of hydrogen-bond acceptors (Lipinski definition) is 2. The molecular weight excluding hydrogens is 289 g/mol. The Balaban J connectivity index is 2.46. The summed E-state index contributed by atoms with van der Waals surface area (Å²) in [5, 5.41) is 2.28. The second kappa shape index (κ2) is 5.29. The van der Waals surface area contributed by atoms with Crippen LogP contribution in [0.3, 0.4) is 0 Å². The SMILES string of the molecule is O=C(CCC(F)(F)F)Nc1cccc(Br)n1. The van der Waals surface area contributed by atoms with Crippen molar-refractivity contribution in [2.24, 2.45) is 0 Å². The number of nitrogens with zero attached hydrogens (tertiary/aromatic N) is 1. The van der Waals surface area contributed by atoms with Crippen molar-refractivity contribution in [3.63, 3.8) is 0 Å². The number of amides is 1. The van der Waals surface area contributed by atoms with Crippen molar-refractivity contribution in [2.45, 2.75) is 19.0 Å². The molecule has 0 aromatic carbocycles. The summed E-state index contributed by atoms with van der Waals surface area (Å²) in [6, 6.07) is 4.76. The van der Waals surface area contributed by atoms with E-state index in [4.69, 9.17) is 0 Å². The summed E-state index contributed by atoms with van der Waals surface area (Å²) in [6.07, 6.45) is -6.05. The van der Waals surface area contributed by atoms with E-state index in [0.717, 1.165) is 0 Å². The van der Waals surface area contributed by atoms with Crippen LogP contribution in [0.1, 0.15) is 12.8 Å². The monoisotopic (exact) mass is 296 g/mol. The largest absolute Gasteiger partial charge is 0.389 e. The van der Waals surface area contributed by atoms with Gasteiger partial charge in [-0.15, -0.1) is 0 Å². The zero-order valence-electron chi connectivity index (χ0n) is 8.01. The smallest absolute Gasteiger partial charge is 0.311 e. The van der Waals surface area contributed by atoms with E-state index in [9.17, 15) is 18.0 Å². The van der Waals surface area contributed by atoms with E-state index in [1.54, 1.807) is 12.1 Å². The summed E-state index contributed by atoms with van der Waals surface area (Å²) >= 11 is 3.08. The molecule has 1 N–H and O–H groups in total. The average molecular weight is 297 g/mol. The first-order valence-corrected chi connectivity index (χ1v) is 5.15. The first-order valence-electron chi connectivity index (χ1n) is 4.36. The molecule has 0 saturated carbocycles. The van der Waals surface area contributed by atoms with E-state index in [-0.39, 0.29) is 5.82 Å². The number of alkyl halides is 3. The molecule has 0 unspecified atom stereocenters. The number of hydrogen-bond donors (Lipinski definition) is 1. The van der Waals surface area contributed by atoms with Gasteiger partial charge >= 0.3 is 6.18 Å². The number of halogens is 4. The average Bonchev–Trinajstić information content (AvgIpc) is 2.14. The highest BCUT2D eigenvalue weighted by atomic mass is 79.9. The van der Waals surface area contributed by atoms with Crippen molar-refractivity contribution < 1.29 is 18.0 Å². The number of carbonyl (C=O) groups excluding carboxylic acids is 1. The summed E-state index contributed by atoms with van der Waals surface area (Å²) in [7, 11) is 0. The molecule has 0 saturated heterocycles. The Morgan fingerprint density at radius 2 is 2.12 bits per heavy atom. The minimum Gasteiger partial charge on any atom is -0.311 e. The van der Waals surface area contributed by atoms with Gasteiger partial charge in [-0.1, -0.05) is 6.07 Å². The lowest BCUT2D eigenvalue weighted by molar-refractivity contribution is -0.142. The van der Waals surface area contributed by atoms with Gasteiger partial charge < -0.3 is 5.32 Å². The molecule has 3 nitrogen and oxygen atoms in total. The molecule has 1 heterocycles. The van der Waals surface area contributed by atoms with Crippen LogP contribution >= 0.6 is 15.9 Å². The Hall–Kier alpha value is -1.11. The fourth-order valence-corrected chi connectivity index (χ4v) is 1.28. The van der Waals surface area contributed by atoms with Crippen molar-refractivity contribution in [2.75, 3.05) is 5.32 Å². The van der Waals surface area contributed by atoms with Gasteiger partial charge in [0.15, 0.2) is 0 Å². The van der Waals surface area contributed by atoms with Gasteiger partial charge in [0, 0.05) is 6.42 Å². The summed E-state index contributed by atoms with van der Waals surface area (Å²) in [6.45, 7) is 0. The molecule has 1 amide bonds. The maximum Gasteiger partial charge on any atom is 0.389 e. The molecule has 16 heavy (non-hydrogen) atoms. The maximum absolute atomic E-state index is 11.8. The molecule has 0 radical (unpaired) electrons. The predicted octanol–water partition coefficient (Wildman–Crippen LogP) is 3.13. The lowest BCUT2D eigenvalue weighted by Crippen LogP contribution is -2.17. The van der Waals surface area contributed by atoms with Crippen LogP contribution in [0.4, 0.5) is 19.0 Å². The van der Waals surface area contributed by atoms with Crippen molar-refractivity contribution in [1.82, 2.24) is 4.98 Å². The van der Waals surface area contributed by atoms with Crippen LogP contribution in [-0.4, -0.2) is 17.1 Å². The topological polar surface area (TPSA) is 42.0 Å². The standard InChI is InChI=1S/C9H8BrF3N2O/c10-6-2-1-3-7(14-6)15-8(16)4-5-9(11,12)13/h1-3H,4-5H2,(H,14,15,16). The van der Waals surface area contributed by atoms with E-state index in [1.165, 1.54) is 6.07 Å². The number of anilines is 1. The zero-order chi connectivity index (χ0) is 12.2. The van der Waals surface area contributed by atoms with Gasteiger partial charge in [0.25, 0.3) is 0 Å². The fourth-order valence-electron chi connectivity index (χ4n) is 0.938. The highest BCUT2D eigenvalue weighted by molar-refractivity contribution is 9.10. The molecule has 1 aromatic rings. The molecule has 7 heteroatoms. The van der Waals surface area contributed by atoms with Gasteiger partial charge in [0.05, 0.1) is 6.42 Å². The maximum atomic E-state index is 11.8. The molecule has 0 aliphatic carbocycles. The predicted molar refractivity (Wildman–Crippen MR) is 55.9 cm³/mol. The minimum atomic E-state index is -4.32.